The Morgan fingerprint density at radius 1 is 1.11 bits per heavy atom. The molecule has 2 nitrogen and oxygen atoms in total. The number of hydrogen-bond acceptors (Lipinski definition) is 3. The van der Waals surface area contributed by atoms with Gasteiger partial charge in [0.25, 0.3) is 0 Å². The van der Waals surface area contributed by atoms with Gasteiger partial charge in [0.2, 0.25) is 0 Å². The van der Waals surface area contributed by atoms with Crippen molar-refractivity contribution in [2.24, 2.45) is 5.92 Å². The predicted molar refractivity (Wildman–Crippen MR) is 77.7 cm³/mol. The van der Waals surface area contributed by atoms with E-state index < -0.39 is 0 Å². The van der Waals surface area contributed by atoms with Crippen LogP contribution in [0.25, 0.3) is 0 Å². The van der Waals surface area contributed by atoms with Gasteiger partial charge in [-0.2, -0.15) is 0 Å². The molecule has 0 aliphatic carbocycles. The fourth-order valence-electron chi connectivity index (χ4n) is 2.12. The highest BCUT2D eigenvalue weighted by molar-refractivity contribution is 7.07. The van der Waals surface area contributed by atoms with Crippen LogP contribution in [-0.2, 0) is 0 Å². The molecule has 1 heterocycles. The number of thiazole rings is 1. The van der Waals surface area contributed by atoms with E-state index in [1.807, 2.05) is 5.51 Å². The third-order valence-electron chi connectivity index (χ3n) is 3.15. The van der Waals surface area contributed by atoms with Gasteiger partial charge in [0.05, 0.1) is 11.2 Å². The smallest absolute Gasteiger partial charge is 0.0795 e. The minimum atomic E-state index is 0.281. The summed E-state index contributed by atoms with van der Waals surface area (Å²) >= 11 is 1.65. The van der Waals surface area contributed by atoms with E-state index in [2.05, 4.69) is 66.8 Å². The average Bonchev–Trinajstić information content (AvgIpc) is 2.90. The van der Waals surface area contributed by atoms with Gasteiger partial charge < -0.3 is 5.32 Å². The second kappa shape index (κ2) is 6.12. The van der Waals surface area contributed by atoms with Gasteiger partial charge in [-0.1, -0.05) is 44.2 Å². The van der Waals surface area contributed by atoms with E-state index in [1.165, 1.54) is 5.56 Å². The highest BCUT2D eigenvalue weighted by Gasteiger charge is 2.19. The Hall–Kier alpha value is -1.19. The van der Waals surface area contributed by atoms with Crippen LogP contribution < -0.4 is 5.32 Å². The van der Waals surface area contributed by atoms with Crippen LogP contribution in [0.3, 0.4) is 0 Å². The molecular weight excluding hydrogens is 240 g/mol. The van der Waals surface area contributed by atoms with Crippen molar-refractivity contribution in [2.75, 3.05) is 0 Å². The van der Waals surface area contributed by atoms with E-state index in [0.29, 0.717) is 12.0 Å². The van der Waals surface area contributed by atoms with Crippen LogP contribution in [0.15, 0.2) is 41.2 Å². The van der Waals surface area contributed by atoms with Gasteiger partial charge in [0, 0.05) is 17.5 Å². The molecule has 0 radical (unpaired) electrons. The number of rotatable bonds is 5. The standard InChI is InChI=1S/C15H20N2S/c1-11(2)15(13-7-5-4-6-8-13)17-12(3)14-9-18-10-16-14/h4-12,15,17H,1-3H3. The zero-order chi connectivity index (χ0) is 13.0. The van der Waals surface area contributed by atoms with Crippen LogP contribution in [0.2, 0.25) is 0 Å². The summed E-state index contributed by atoms with van der Waals surface area (Å²) in [6.07, 6.45) is 0. The first-order valence-electron chi connectivity index (χ1n) is 6.37. The SMILES string of the molecule is CC(NC(c1ccccc1)C(C)C)c1cscn1. The Balaban J connectivity index is 2.12. The molecule has 1 N–H and O–H groups in total. The van der Waals surface area contributed by atoms with Crippen molar-refractivity contribution >= 4 is 11.3 Å². The molecular formula is C15H20N2S. The summed E-state index contributed by atoms with van der Waals surface area (Å²) in [4.78, 5) is 4.38. The normalized spacial score (nSPS) is 14.7. The molecule has 0 saturated carbocycles. The maximum Gasteiger partial charge on any atom is 0.0795 e. The summed E-state index contributed by atoms with van der Waals surface area (Å²) in [5.74, 6) is 0.550. The third kappa shape index (κ3) is 3.18. The Morgan fingerprint density at radius 2 is 1.83 bits per heavy atom. The van der Waals surface area contributed by atoms with Crippen LogP contribution in [0.4, 0.5) is 0 Å². The van der Waals surface area contributed by atoms with Crippen molar-refractivity contribution in [2.45, 2.75) is 32.9 Å². The van der Waals surface area contributed by atoms with Crippen LogP contribution in [0.5, 0.6) is 0 Å². The van der Waals surface area contributed by atoms with E-state index in [9.17, 15) is 0 Å². The fourth-order valence-corrected chi connectivity index (χ4v) is 2.77. The molecule has 0 aliphatic heterocycles. The van der Waals surface area contributed by atoms with Gasteiger partial charge in [0.15, 0.2) is 0 Å². The first kappa shape index (κ1) is 13.2. The fraction of sp³-hybridized carbons (Fsp3) is 0.400. The van der Waals surface area contributed by atoms with Gasteiger partial charge in [-0.05, 0) is 18.4 Å². The van der Waals surface area contributed by atoms with Gasteiger partial charge in [-0.15, -0.1) is 11.3 Å². The number of aromatic nitrogens is 1. The lowest BCUT2D eigenvalue weighted by atomic mass is 9.95. The molecule has 0 aliphatic rings. The maximum absolute atomic E-state index is 4.38. The van der Waals surface area contributed by atoms with E-state index >= 15 is 0 Å². The van der Waals surface area contributed by atoms with Crippen molar-refractivity contribution in [1.82, 2.24) is 10.3 Å². The first-order chi connectivity index (χ1) is 8.68. The zero-order valence-electron chi connectivity index (χ0n) is 11.1. The number of hydrogen-bond donors (Lipinski definition) is 1. The molecule has 18 heavy (non-hydrogen) atoms. The Morgan fingerprint density at radius 3 is 2.39 bits per heavy atom. The zero-order valence-corrected chi connectivity index (χ0v) is 11.9. The molecule has 0 spiro atoms. The molecule has 2 aromatic rings. The highest BCUT2D eigenvalue weighted by atomic mass is 32.1. The summed E-state index contributed by atoms with van der Waals surface area (Å²) in [6, 6.07) is 11.3. The van der Waals surface area contributed by atoms with Crippen molar-refractivity contribution in [3.05, 3.63) is 52.5 Å². The molecule has 0 fully saturated rings. The Bertz CT molecular complexity index is 451. The molecule has 1 aromatic heterocycles. The van der Waals surface area contributed by atoms with Crippen molar-refractivity contribution in [3.63, 3.8) is 0 Å². The topological polar surface area (TPSA) is 24.9 Å². The van der Waals surface area contributed by atoms with E-state index in [0.717, 1.165) is 5.69 Å². The van der Waals surface area contributed by atoms with Crippen LogP contribution >= 0.6 is 11.3 Å². The average molecular weight is 260 g/mol. The van der Waals surface area contributed by atoms with Gasteiger partial charge >= 0.3 is 0 Å². The van der Waals surface area contributed by atoms with Crippen LogP contribution in [-0.4, -0.2) is 4.98 Å². The highest BCUT2D eigenvalue weighted by Crippen LogP contribution is 2.25. The molecule has 3 heteroatoms. The lowest BCUT2D eigenvalue weighted by Crippen LogP contribution is -2.28. The van der Waals surface area contributed by atoms with Crippen molar-refractivity contribution in [3.8, 4) is 0 Å². The number of nitrogens with zero attached hydrogens (tertiary/aromatic N) is 1. The van der Waals surface area contributed by atoms with E-state index in [1.54, 1.807) is 11.3 Å². The number of nitrogens with one attached hydrogen (secondary N) is 1. The summed E-state index contributed by atoms with van der Waals surface area (Å²) in [5.41, 5.74) is 4.36. The molecule has 0 amide bonds. The molecule has 2 rings (SSSR count). The molecule has 0 saturated heterocycles. The molecule has 2 unspecified atom stereocenters. The second-order valence-electron chi connectivity index (χ2n) is 4.93. The maximum atomic E-state index is 4.38. The minimum Gasteiger partial charge on any atom is -0.302 e. The van der Waals surface area contributed by atoms with Crippen LogP contribution in [0.1, 0.15) is 44.1 Å². The molecule has 96 valence electrons. The van der Waals surface area contributed by atoms with Gasteiger partial charge in [-0.3, -0.25) is 0 Å². The van der Waals surface area contributed by atoms with Gasteiger partial charge in [0.1, 0.15) is 0 Å². The Labute approximate surface area is 113 Å². The largest absolute Gasteiger partial charge is 0.302 e. The minimum absolute atomic E-state index is 0.281. The van der Waals surface area contributed by atoms with E-state index in [4.69, 9.17) is 0 Å². The summed E-state index contributed by atoms with van der Waals surface area (Å²) < 4.78 is 0. The van der Waals surface area contributed by atoms with Gasteiger partial charge in [-0.25, -0.2) is 4.98 Å². The van der Waals surface area contributed by atoms with Crippen molar-refractivity contribution in [1.29, 1.82) is 0 Å². The Kier molecular flexibility index (Phi) is 4.50. The quantitative estimate of drug-likeness (QED) is 0.872. The molecule has 0 bridgehead atoms. The first-order valence-corrected chi connectivity index (χ1v) is 7.32. The monoisotopic (exact) mass is 260 g/mol. The third-order valence-corrected chi connectivity index (χ3v) is 3.75. The lowest BCUT2D eigenvalue weighted by Gasteiger charge is -2.26. The summed E-state index contributed by atoms with van der Waals surface area (Å²) in [7, 11) is 0. The number of benzene rings is 1. The van der Waals surface area contributed by atoms with Crippen LogP contribution in [0, 0.1) is 5.92 Å². The summed E-state index contributed by atoms with van der Waals surface area (Å²) in [5, 5.41) is 5.79. The second-order valence-corrected chi connectivity index (χ2v) is 5.65. The lowest BCUT2D eigenvalue weighted by molar-refractivity contribution is 0.371. The molecule has 1 aromatic carbocycles. The van der Waals surface area contributed by atoms with Crippen molar-refractivity contribution < 1.29 is 0 Å². The molecule has 2 atom stereocenters. The van der Waals surface area contributed by atoms with E-state index in [-0.39, 0.29) is 6.04 Å². The predicted octanol–water partition coefficient (Wildman–Crippen LogP) is 4.19. The summed E-state index contributed by atoms with van der Waals surface area (Å²) in [6.45, 7) is 6.67.